The number of carbonyl (C=O) groups is 1. The van der Waals surface area contributed by atoms with Crippen LogP contribution in [0.5, 0.6) is 11.6 Å². The van der Waals surface area contributed by atoms with E-state index in [9.17, 15) is 13.2 Å². The lowest BCUT2D eigenvalue weighted by atomic mass is 9.91. The molecule has 3 aromatic heterocycles. The third kappa shape index (κ3) is 6.41. The number of hydrogen-bond acceptors (Lipinski definition) is 9. The van der Waals surface area contributed by atoms with E-state index < -0.39 is 10.0 Å². The van der Waals surface area contributed by atoms with Crippen LogP contribution in [-0.4, -0.2) is 72.8 Å². The predicted octanol–water partition coefficient (Wildman–Crippen LogP) is 2.64. The molecule has 0 spiro atoms. The number of hydrogen-bond donors (Lipinski definition) is 2. The summed E-state index contributed by atoms with van der Waals surface area (Å²) < 4.78 is 44.9. The van der Waals surface area contributed by atoms with Gasteiger partial charge in [-0.2, -0.15) is 5.10 Å². The van der Waals surface area contributed by atoms with Crippen LogP contribution in [0.1, 0.15) is 38.5 Å². The van der Waals surface area contributed by atoms with Gasteiger partial charge >= 0.3 is 0 Å². The van der Waals surface area contributed by atoms with E-state index in [0.29, 0.717) is 35.9 Å². The molecule has 210 valence electrons. The van der Waals surface area contributed by atoms with Crippen LogP contribution in [0.4, 0.5) is 5.69 Å². The molecular formula is C26H34N6O6S. The lowest BCUT2D eigenvalue weighted by Crippen LogP contribution is -2.43. The number of fused-ring (bicyclic) bond motifs is 1. The third-order valence-electron chi connectivity index (χ3n) is 7.21. The van der Waals surface area contributed by atoms with E-state index in [2.05, 4.69) is 20.1 Å². The van der Waals surface area contributed by atoms with Crippen molar-refractivity contribution in [1.29, 1.82) is 0 Å². The van der Waals surface area contributed by atoms with Gasteiger partial charge in [0.05, 0.1) is 36.7 Å². The van der Waals surface area contributed by atoms with Crippen LogP contribution in [0.2, 0.25) is 0 Å². The van der Waals surface area contributed by atoms with E-state index >= 15 is 0 Å². The summed E-state index contributed by atoms with van der Waals surface area (Å²) in [6, 6.07) is 3.61. The third-order valence-corrected chi connectivity index (χ3v) is 7.80. The molecule has 0 aromatic carbocycles. The first-order valence-electron chi connectivity index (χ1n) is 13.1. The van der Waals surface area contributed by atoms with E-state index in [-0.39, 0.29) is 35.5 Å². The van der Waals surface area contributed by atoms with Gasteiger partial charge in [-0.15, -0.1) is 0 Å². The normalized spacial score (nSPS) is 20.5. The van der Waals surface area contributed by atoms with Gasteiger partial charge < -0.3 is 19.5 Å². The number of nitrogens with one attached hydrogen (secondary N) is 2. The molecule has 5 rings (SSSR count). The first-order chi connectivity index (χ1) is 18.7. The number of ether oxygens (including phenoxy) is 3. The van der Waals surface area contributed by atoms with Crippen LogP contribution >= 0.6 is 0 Å². The van der Waals surface area contributed by atoms with E-state index in [4.69, 9.17) is 19.2 Å². The Bertz CT molecular complexity index is 1440. The molecule has 0 atom stereocenters. The van der Waals surface area contributed by atoms with Gasteiger partial charge in [-0.3, -0.25) is 14.2 Å². The molecule has 1 amide bonds. The maximum Gasteiger partial charge on any atom is 0.238 e. The van der Waals surface area contributed by atoms with Crippen molar-refractivity contribution in [2.75, 3.05) is 31.3 Å². The molecule has 0 bridgehead atoms. The summed E-state index contributed by atoms with van der Waals surface area (Å²) in [7, 11) is -0.322. The predicted molar refractivity (Wildman–Crippen MR) is 145 cm³/mol. The van der Waals surface area contributed by atoms with Crippen molar-refractivity contribution in [3.05, 3.63) is 24.5 Å². The molecule has 1 saturated heterocycles. The zero-order valence-electron chi connectivity index (χ0n) is 22.3. The van der Waals surface area contributed by atoms with Crippen LogP contribution in [-0.2, 0) is 26.6 Å². The van der Waals surface area contributed by atoms with Crippen molar-refractivity contribution in [1.82, 2.24) is 25.1 Å². The van der Waals surface area contributed by atoms with E-state index in [1.165, 1.54) is 7.11 Å². The number of aromatic nitrogens is 4. The molecule has 1 saturated carbocycles. The average molecular weight is 559 g/mol. The highest BCUT2D eigenvalue weighted by Gasteiger charge is 2.28. The van der Waals surface area contributed by atoms with Crippen molar-refractivity contribution in [2.45, 2.75) is 50.7 Å². The zero-order chi connectivity index (χ0) is 27.6. The highest BCUT2D eigenvalue weighted by Crippen LogP contribution is 2.35. The molecule has 3 aromatic rings. The van der Waals surface area contributed by atoms with Gasteiger partial charge in [-0.25, -0.2) is 18.4 Å². The Morgan fingerprint density at radius 2 is 1.85 bits per heavy atom. The van der Waals surface area contributed by atoms with Gasteiger partial charge in [-0.1, -0.05) is 0 Å². The Morgan fingerprint density at radius 3 is 2.54 bits per heavy atom. The summed E-state index contributed by atoms with van der Waals surface area (Å²) in [6.07, 6.45) is 9.23. The number of rotatable bonds is 8. The molecule has 0 radical (unpaired) electrons. The van der Waals surface area contributed by atoms with Crippen molar-refractivity contribution < 1.29 is 27.4 Å². The summed E-state index contributed by atoms with van der Waals surface area (Å²) in [5.74, 6) is 0.980. The molecule has 39 heavy (non-hydrogen) atoms. The number of methoxy groups -OCH3 is 1. The smallest absolute Gasteiger partial charge is 0.238 e. The highest BCUT2D eigenvalue weighted by molar-refractivity contribution is 7.92. The summed E-state index contributed by atoms with van der Waals surface area (Å²) in [6.45, 7) is 1.30. The topological polar surface area (TPSA) is 147 Å². The molecule has 2 aliphatic rings. The highest BCUT2D eigenvalue weighted by atomic mass is 32.2. The largest absolute Gasteiger partial charge is 0.490 e. The number of sulfonamides is 1. The summed E-state index contributed by atoms with van der Waals surface area (Å²) >= 11 is 0. The van der Waals surface area contributed by atoms with E-state index in [0.717, 1.165) is 50.2 Å². The van der Waals surface area contributed by atoms with Gasteiger partial charge in [-0.05, 0) is 44.6 Å². The van der Waals surface area contributed by atoms with E-state index in [1.807, 2.05) is 6.07 Å². The molecule has 4 heterocycles. The van der Waals surface area contributed by atoms with Crippen LogP contribution in [0.15, 0.2) is 24.5 Å². The summed E-state index contributed by atoms with van der Waals surface area (Å²) in [5, 5.41) is 8.37. The Morgan fingerprint density at radius 1 is 1.10 bits per heavy atom. The Labute approximate surface area is 227 Å². The molecule has 1 aliphatic heterocycles. The maximum atomic E-state index is 12.6. The van der Waals surface area contributed by atoms with Gasteiger partial charge in [0.2, 0.25) is 21.8 Å². The first-order valence-corrected chi connectivity index (χ1v) is 15.0. The Kier molecular flexibility index (Phi) is 7.89. The minimum atomic E-state index is -3.55. The Hall–Kier alpha value is -3.45. The first kappa shape index (κ1) is 27.1. The van der Waals surface area contributed by atoms with Gasteiger partial charge in [0, 0.05) is 50.0 Å². The number of nitrogens with zero attached hydrogens (tertiary/aromatic N) is 4. The zero-order valence-corrected chi connectivity index (χ0v) is 23.2. The molecule has 13 heteroatoms. The lowest BCUT2D eigenvalue weighted by Gasteiger charge is -2.31. The van der Waals surface area contributed by atoms with Crippen molar-refractivity contribution in [3.63, 3.8) is 0 Å². The number of amides is 1. The van der Waals surface area contributed by atoms with Crippen molar-refractivity contribution in [2.24, 2.45) is 13.0 Å². The number of pyridine rings is 2. The van der Waals surface area contributed by atoms with Crippen LogP contribution in [0.3, 0.4) is 0 Å². The summed E-state index contributed by atoms with van der Waals surface area (Å²) in [5.41, 5.74) is 2.00. The minimum absolute atomic E-state index is 0.0173. The molecule has 2 N–H and O–H groups in total. The monoisotopic (exact) mass is 558 g/mol. The fourth-order valence-corrected chi connectivity index (χ4v) is 5.69. The fraction of sp³-hybridized carbons (Fsp3) is 0.538. The number of carbonyl (C=O) groups excluding carboxylic acids is 1. The van der Waals surface area contributed by atoms with Crippen LogP contribution < -0.4 is 19.5 Å². The number of aryl methyl sites for hydroxylation is 1. The molecule has 0 unspecified atom stereocenters. The van der Waals surface area contributed by atoms with Gasteiger partial charge in [0.1, 0.15) is 11.4 Å². The molecular weight excluding hydrogens is 524 g/mol. The summed E-state index contributed by atoms with van der Waals surface area (Å²) in [4.78, 5) is 21.6. The SMILES string of the molecule is COc1ncc(-c2cc(OC3CCC(NC(=O)C4CCOCC4)CC3)c3cnn(C)c3n2)cc1NS(C)(=O)=O. The van der Waals surface area contributed by atoms with Crippen LogP contribution in [0.25, 0.3) is 22.3 Å². The fourth-order valence-electron chi connectivity index (χ4n) is 5.14. The molecule has 1 aliphatic carbocycles. The molecule has 12 nitrogen and oxygen atoms in total. The van der Waals surface area contributed by atoms with Gasteiger partial charge in [0.15, 0.2) is 5.65 Å². The number of anilines is 1. The average Bonchev–Trinajstić information content (AvgIpc) is 3.30. The second-order valence-electron chi connectivity index (χ2n) is 10.2. The lowest BCUT2D eigenvalue weighted by molar-refractivity contribution is -0.128. The van der Waals surface area contributed by atoms with Crippen molar-refractivity contribution in [3.8, 4) is 22.9 Å². The second-order valence-corrected chi connectivity index (χ2v) is 11.9. The second kappa shape index (κ2) is 11.3. The Balaban J connectivity index is 1.33. The molecule has 2 fully saturated rings. The van der Waals surface area contributed by atoms with Crippen LogP contribution in [0, 0.1) is 5.92 Å². The van der Waals surface area contributed by atoms with E-state index in [1.54, 1.807) is 30.2 Å². The van der Waals surface area contributed by atoms with Crippen molar-refractivity contribution >= 4 is 32.7 Å². The minimum Gasteiger partial charge on any atom is -0.490 e. The maximum absolute atomic E-state index is 12.6. The van der Waals surface area contributed by atoms with Gasteiger partial charge in [0.25, 0.3) is 0 Å². The standard InChI is InChI=1S/C26H34N6O6S/c1-32-24-20(15-28-32)23(13-21(30-24)17-12-22(31-39(3,34)35)26(36-2)27-14-17)38-19-6-4-18(5-7-19)29-25(33)16-8-10-37-11-9-16/h12-16,18-19,31H,4-11H2,1-3H3,(H,29,33). The quantitative estimate of drug-likeness (QED) is 0.426.